The molecule has 0 fully saturated rings. The largest absolute Gasteiger partial charge is 0.454 e. The average Bonchev–Trinajstić information content (AvgIpc) is 2.82. The first kappa shape index (κ1) is 22.4. The molecule has 0 saturated carbocycles. The number of carbonyl (C=O) groups is 2. The zero-order chi connectivity index (χ0) is 22.7. The number of aromatic nitrogens is 1. The molecule has 160 valence electrons. The second kappa shape index (κ2) is 9.76. The fourth-order valence-electron chi connectivity index (χ4n) is 3.35. The van der Waals surface area contributed by atoms with Gasteiger partial charge in [0.25, 0.3) is 0 Å². The van der Waals surface area contributed by atoms with Gasteiger partial charge in [0.05, 0.1) is 16.8 Å². The van der Waals surface area contributed by atoms with Gasteiger partial charge in [-0.15, -0.1) is 0 Å². The van der Waals surface area contributed by atoms with E-state index in [-0.39, 0.29) is 12.4 Å². The monoisotopic (exact) mass is 551 g/mol. The van der Waals surface area contributed by atoms with E-state index >= 15 is 0 Å². The second-order valence-corrected chi connectivity index (χ2v) is 9.10. The van der Waals surface area contributed by atoms with Gasteiger partial charge < -0.3 is 4.74 Å². The number of nitrogens with zero attached hydrogens (tertiary/aromatic N) is 1. The Morgan fingerprint density at radius 1 is 0.875 bits per heavy atom. The predicted octanol–water partition coefficient (Wildman–Crippen LogP) is 7.03. The molecule has 0 spiro atoms. The Kier molecular flexibility index (Phi) is 6.82. The van der Waals surface area contributed by atoms with E-state index in [1.165, 1.54) is 0 Å². The van der Waals surface area contributed by atoms with Crippen molar-refractivity contribution in [2.75, 3.05) is 6.61 Å². The van der Waals surface area contributed by atoms with Crippen LogP contribution >= 0.6 is 31.9 Å². The number of rotatable bonds is 6. The average molecular weight is 553 g/mol. The quantitative estimate of drug-likeness (QED) is 0.190. The SMILES string of the molecule is CCc1ccc(C(=O)COC(=O)c2cc(-c3ccc(Br)cc3)nc3ccc(Br)cc23)cc1. The van der Waals surface area contributed by atoms with Gasteiger partial charge in [-0.05, 0) is 48.4 Å². The van der Waals surface area contributed by atoms with Crippen molar-refractivity contribution in [3.8, 4) is 11.3 Å². The lowest BCUT2D eigenvalue weighted by Gasteiger charge is -2.11. The first-order valence-electron chi connectivity index (χ1n) is 10.1. The molecule has 3 aromatic carbocycles. The fraction of sp³-hybridized carbons (Fsp3) is 0.115. The lowest BCUT2D eigenvalue weighted by atomic mass is 10.0. The van der Waals surface area contributed by atoms with Crippen molar-refractivity contribution in [3.63, 3.8) is 0 Å². The third-order valence-electron chi connectivity index (χ3n) is 5.15. The van der Waals surface area contributed by atoms with Crippen molar-refractivity contribution >= 4 is 54.5 Å². The van der Waals surface area contributed by atoms with Gasteiger partial charge in [0.15, 0.2) is 12.4 Å². The summed E-state index contributed by atoms with van der Waals surface area (Å²) in [5, 5.41) is 0.657. The second-order valence-electron chi connectivity index (χ2n) is 7.27. The summed E-state index contributed by atoms with van der Waals surface area (Å²) in [6.45, 7) is 1.73. The van der Waals surface area contributed by atoms with Crippen LogP contribution in [0.5, 0.6) is 0 Å². The Morgan fingerprint density at radius 3 is 2.25 bits per heavy atom. The highest BCUT2D eigenvalue weighted by molar-refractivity contribution is 9.10. The molecule has 0 aliphatic heterocycles. The first-order valence-corrected chi connectivity index (χ1v) is 11.7. The van der Waals surface area contributed by atoms with Gasteiger partial charge in [0, 0.05) is 25.5 Å². The number of halogens is 2. The number of carbonyl (C=O) groups excluding carboxylic acids is 2. The van der Waals surface area contributed by atoms with Gasteiger partial charge in [-0.1, -0.05) is 75.2 Å². The molecule has 0 unspecified atom stereocenters. The first-order chi connectivity index (χ1) is 15.4. The fourth-order valence-corrected chi connectivity index (χ4v) is 3.98. The molecule has 0 aliphatic carbocycles. The van der Waals surface area contributed by atoms with Crippen LogP contribution in [0.4, 0.5) is 0 Å². The van der Waals surface area contributed by atoms with Crippen LogP contribution in [0.15, 0.2) is 81.7 Å². The zero-order valence-corrected chi connectivity index (χ0v) is 20.4. The van der Waals surface area contributed by atoms with Crippen LogP contribution in [0.1, 0.15) is 33.2 Å². The summed E-state index contributed by atoms with van der Waals surface area (Å²) in [7, 11) is 0. The molecule has 0 N–H and O–H groups in total. The number of benzene rings is 3. The Hall–Kier alpha value is -2.83. The van der Waals surface area contributed by atoms with Gasteiger partial charge in [-0.25, -0.2) is 9.78 Å². The van der Waals surface area contributed by atoms with Gasteiger partial charge in [-0.2, -0.15) is 0 Å². The summed E-state index contributed by atoms with van der Waals surface area (Å²) >= 11 is 6.89. The van der Waals surface area contributed by atoms with E-state index in [2.05, 4.69) is 38.8 Å². The summed E-state index contributed by atoms with van der Waals surface area (Å²) in [5.41, 5.74) is 4.23. The number of ether oxygens (including phenoxy) is 1. The highest BCUT2D eigenvalue weighted by Crippen LogP contribution is 2.28. The maximum atomic E-state index is 13.0. The number of hydrogen-bond acceptors (Lipinski definition) is 4. The Morgan fingerprint density at radius 2 is 1.56 bits per heavy atom. The molecule has 0 saturated heterocycles. The van der Waals surface area contributed by atoms with E-state index in [1.54, 1.807) is 18.2 Å². The molecule has 0 radical (unpaired) electrons. The molecule has 0 amide bonds. The van der Waals surface area contributed by atoms with E-state index in [1.807, 2.05) is 54.6 Å². The van der Waals surface area contributed by atoms with Crippen molar-refractivity contribution in [1.82, 2.24) is 4.98 Å². The van der Waals surface area contributed by atoms with Crippen molar-refractivity contribution < 1.29 is 14.3 Å². The van der Waals surface area contributed by atoms with Crippen LogP contribution < -0.4 is 0 Å². The number of fused-ring (bicyclic) bond motifs is 1. The topological polar surface area (TPSA) is 56.3 Å². The number of Topliss-reactive ketones (excluding diaryl/α,β-unsaturated/α-hetero) is 1. The van der Waals surface area contributed by atoms with Crippen LogP contribution in [0.3, 0.4) is 0 Å². The number of pyridine rings is 1. The molecule has 0 bridgehead atoms. The zero-order valence-electron chi connectivity index (χ0n) is 17.3. The van der Waals surface area contributed by atoms with Crippen LogP contribution in [-0.2, 0) is 11.2 Å². The molecule has 1 heterocycles. The number of aryl methyl sites for hydroxylation is 1. The van der Waals surface area contributed by atoms with E-state index in [0.717, 1.165) is 26.5 Å². The van der Waals surface area contributed by atoms with Crippen molar-refractivity contribution in [2.45, 2.75) is 13.3 Å². The van der Waals surface area contributed by atoms with Gasteiger partial charge in [0.2, 0.25) is 0 Å². The molecule has 6 heteroatoms. The van der Waals surface area contributed by atoms with E-state index in [4.69, 9.17) is 9.72 Å². The maximum absolute atomic E-state index is 13.0. The third kappa shape index (κ3) is 4.97. The van der Waals surface area contributed by atoms with Crippen LogP contribution in [0.25, 0.3) is 22.2 Å². The Labute approximate surface area is 202 Å². The van der Waals surface area contributed by atoms with Gasteiger partial charge in [-0.3, -0.25) is 4.79 Å². The molecule has 4 rings (SSSR count). The molecule has 1 aromatic heterocycles. The third-order valence-corrected chi connectivity index (χ3v) is 6.17. The standard InChI is InChI=1S/C26H19Br2NO3/c1-2-16-3-5-18(6-4-16)25(30)15-32-26(31)22-14-24(17-7-9-19(27)10-8-17)29-23-12-11-20(28)13-21(22)23/h3-14H,2,15H2,1H3. The summed E-state index contributed by atoms with van der Waals surface area (Å²) in [6.07, 6.45) is 0.898. The summed E-state index contributed by atoms with van der Waals surface area (Å²) in [5.74, 6) is -0.805. The lowest BCUT2D eigenvalue weighted by Crippen LogP contribution is -2.15. The summed E-state index contributed by atoms with van der Waals surface area (Å²) < 4.78 is 7.20. The predicted molar refractivity (Wildman–Crippen MR) is 133 cm³/mol. The van der Waals surface area contributed by atoms with Crippen LogP contribution in [0.2, 0.25) is 0 Å². The molecule has 4 nitrogen and oxygen atoms in total. The van der Waals surface area contributed by atoms with Crippen molar-refractivity contribution in [2.24, 2.45) is 0 Å². The van der Waals surface area contributed by atoms with Gasteiger partial charge >= 0.3 is 5.97 Å². The van der Waals surface area contributed by atoms with E-state index in [0.29, 0.717) is 27.7 Å². The smallest absolute Gasteiger partial charge is 0.339 e. The normalized spacial score (nSPS) is 10.8. The van der Waals surface area contributed by atoms with Crippen LogP contribution in [0, 0.1) is 0 Å². The molecule has 32 heavy (non-hydrogen) atoms. The molecule has 4 aromatic rings. The molecule has 0 atom stereocenters. The number of hydrogen-bond donors (Lipinski definition) is 0. The molecular weight excluding hydrogens is 534 g/mol. The maximum Gasteiger partial charge on any atom is 0.339 e. The number of ketones is 1. The molecule has 0 aliphatic rings. The highest BCUT2D eigenvalue weighted by atomic mass is 79.9. The minimum atomic E-state index is -0.563. The van der Waals surface area contributed by atoms with Crippen LogP contribution in [-0.4, -0.2) is 23.3 Å². The van der Waals surface area contributed by atoms with Gasteiger partial charge in [0.1, 0.15) is 0 Å². The minimum absolute atomic E-state index is 0.242. The molecular formula is C26H19Br2NO3. The lowest BCUT2D eigenvalue weighted by molar-refractivity contribution is 0.0476. The van der Waals surface area contributed by atoms with E-state index in [9.17, 15) is 9.59 Å². The highest BCUT2D eigenvalue weighted by Gasteiger charge is 2.18. The van der Waals surface area contributed by atoms with Crippen molar-refractivity contribution in [3.05, 3.63) is 98.4 Å². The van der Waals surface area contributed by atoms with Crippen molar-refractivity contribution in [1.29, 1.82) is 0 Å². The minimum Gasteiger partial charge on any atom is -0.454 e. The Bertz CT molecular complexity index is 1300. The Balaban J connectivity index is 1.63. The summed E-state index contributed by atoms with van der Waals surface area (Å²) in [6, 6.07) is 22.3. The summed E-state index contributed by atoms with van der Waals surface area (Å²) in [4.78, 5) is 30.2. The number of esters is 1. The van der Waals surface area contributed by atoms with E-state index < -0.39 is 5.97 Å².